The van der Waals surface area contributed by atoms with E-state index in [1.807, 2.05) is 29.8 Å². The number of fused-ring (bicyclic) bond motifs is 3. The Bertz CT molecular complexity index is 1300. The van der Waals surface area contributed by atoms with Gasteiger partial charge in [-0.3, -0.25) is 0 Å². The summed E-state index contributed by atoms with van der Waals surface area (Å²) in [7, 11) is 1.64. The summed E-state index contributed by atoms with van der Waals surface area (Å²) in [6.45, 7) is 6.17. The van der Waals surface area contributed by atoms with Gasteiger partial charge >= 0.3 is 0 Å². The highest BCUT2D eigenvalue weighted by atomic mass is 32.1. The molecule has 32 heavy (non-hydrogen) atoms. The Morgan fingerprint density at radius 2 is 2.06 bits per heavy atom. The first-order chi connectivity index (χ1) is 15.6. The summed E-state index contributed by atoms with van der Waals surface area (Å²) in [5.41, 5.74) is 5.29. The SMILES string of the molecule is COc1nc(-c2nc(N3CC(C)Cn4nc5c(c43)CCC5)cs2)ccc1-n1cnc(C)c1. The summed E-state index contributed by atoms with van der Waals surface area (Å²) >= 11 is 1.61. The van der Waals surface area contributed by atoms with Gasteiger partial charge in [0.2, 0.25) is 5.88 Å². The Balaban J connectivity index is 1.36. The van der Waals surface area contributed by atoms with E-state index in [0.717, 1.165) is 53.8 Å². The molecule has 0 spiro atoms. The standard InChI is InChI=1S/C23H25N7OS/c1-14-9-29(23-16-5-4-6-17(16)27-30(23)10-14)20-12-32-22(26-20)18-7-8-19(21(25-18)31-3)28-11-15(2)24-13-28/h7-8,11-14H,4-6,9-10H2,1-3H3. The molecule has 5 heterocycles. The molecule has 8 nitrogen and oxygen atoms in total. The molecule has 0 radical (unpaired) electrons. The van der Waals surface area contributed by atoms with Crippen molar-refractivity contribution in [3.8, 4) is 22.3 Å². The van der Waals surface area contributed by atoms with E-state index in [2.05, 4.69) is 26.9 Å². The second-order valence-corrected chi connectivity index (χ2v) is 9.52. The van der Waals surface area contributed by atoms with Gasteiger partial charge in [-0.15, -0.1) is 11.3 Å². The zero-order valence-electron chi connectivity index (χ0n) is 18.4. The van der Waals surface area contributed by atoms with Crippen molar-refractivity contribution >= 4 is 23.0 Å². The first-order valence-electron chi connectivity index (χ1n) is 11.0. The van der Waals surface area contributed by atoms with Crippen molar-refractivity contribution in [2.45, 2.75) is 39.7 Å². The van der Waals surface area contributed by atoms with Crippen molar-refractivity contribution in [3.05, 3.63) is 47.0 Å². The van der Waals surface area contributed by atoms with Gasteiger partial charge in [0.15, 0.2) is 0 Å². The number of pyridine rings is 1. The lowest BCUT2D eigenvalue weighted by Crippen LogP contribution is -2.34. The summed E-state index contributed by atoms with van der Waals surface area (Å²) < 4.78 is 9.71. The number of ether oxygens (including phenoxy) is 1. The van der Waals surface area contributed by atoms with E-state index in [0.29, 0.717) is 11.8 Å². The van der Waals surface area contributed by atoms with Gasteiger partial charge in [0, 0.05) is 30.2 Å². The fourth-order valence-electron chi connectivity index (χ4n) is 4.77. The molecular formula is C23H25N7OS. The highest BCUT2D eigenvalue weighted by Gasteiger charge is 2.32. The van der Waals surface area contributed by atoms with Crippen LogP contribution < -0.4 is 9.64 Å². The smallest absolute Gasteiger partial charge is 0.238 e. The van der Waals surface area contributed by atoms with Crippen LogP contribution in [0.1, 0.15) is 30.3 Å². The minimum absolute atomic E-state index is 0.517. The first kappa shape index (κ1) is 19.5. The van der Waals surface area contributed by atoms with Gasteiger partial charge in [-0.25, -0.2) is 19.6 Å². The zero-order valence-corrected chi connectivity index (χ0v) is 19.3. The van der Waals surface area contributed by atoms with Crippen LogP contribution >= 0.6 is 11.3 Å². The maximum absolute atomic E-state index is 5.59. The van der Waals surface area contributed by atoms with E-state index in [4.69, 9.17) is 19.8 Å². The van der Waals surface area contributed by atoms with E-state index in [1.165, 1.54) is 23.5 Å². The van der Waals surface area contributed by atoms with E-state index in [-0.39, 0.29) is 0 Å². The highest BCUT2D eigenvalue weighted by molar-refractivity contribution is 7.13. The molecule has 1 unspecified atom stereocenters. The molecule has 0 bridgehead atoms. The minimum atomic E-state index is 0.517. The number of anilines is 2. The second-order valence-electron chi connectivity index (χ2n) is 8.66. The van der Waals surface area contributed by atoms with Crippen LogP contribution in [0.5, 0.6) is 5.88 Å². The molecule has 2 aliphatic rings. The van der Waals surface area contributed by atoms with E-state index >= 15 is 0 Å². The quantitative estimate of drug-likeness (QED) is 0.467. The molecule has 1 aliphatic heterocycles. The topological polar surface area (TPSA) is 73.9 Å². The lowest BCUT2D eigenvalue weighted by atomic mass is 10.1. The fourth-order valence-corrected chi connectivity index (χ4v) is 5.55. The maximum atomic E-state index is 5.59. The Hall–Kier alpha value is -3.20. The van der Waals surface area contributed by atoms with Crippen molar-refractivity contribution in [1.82, 2.24) is 29.3 Å². The molecule has 4 aromatic rings. The van der Waals surface area contributed by atoms with Gasteiger partial charge in [0.1, 0.15) is 28.0 Å². The summed E-state index contributed by atoms with van der Waals surface area (Å²) in [5.74, 6) is 3.29. The zero-order chi connectivity index (χ0) is 21.8. The van der Waals surface area contributed by atoms with Gasteiger partial charge in [-0.05, 0) is 44.2 Å². The monoisotopic (exact) mass is 447 g/mol. The number of aryl methyl sites for hydroxylation is 2. The summed E-state index contributed by atoms with van der Waals surface area (Å²) in [5, 5.41) is 7.91. The molecule has 164 valence electrons. The van der Waals surface area contributed by atoms with Crippen molar-refractivity contribution < 1.29 is 4.74 Å². The minimum Gasteiger partial charge on any atom is -0.479 e. The van der Waals surface area contributed by atoms with Crippen molar-refractivity contribution in [3.63, 3.8) is 0 Å². The normalized spacial score (nSPS) is 17.5. The summed E-state index contributed by atoms with van der Waals surface area (Å²) in [6.07, 6.45) is 7.13. The number of nitrogens with zero attached hydrogens (tertiary/aromatic N) is 7. The summed E-state index contributed by atoms with van der Waals surface area (Å²) in [6, 6.07) is 4.00. The average molecular weight is 448 g/mol. The van der Waals surface area contributed by atoms with Crippen LogP contribution in [0.15, 0.2) is 30.0 Å². The lowest BCUT2D eigenvalue weighted by molar-refractivity contribution is 0.396. The molecule has 9 heteroatoms. The maximum Gasteiger partial charge on any atom is 0.238 e. The average Bonchev–Trinajstić information content (AvgIpc) is 3.56. The van der Waals surface area contributed by atoms with Crippen molar-refractivity contribution in [1.29, 1.82) is 0 Å². The fraction of sp³-hybridized carbons (Fsp3) is 0.391. The van der Waals surface area contributed by atoms with Crippen LogP contribution in [0.3, 0.4) is 0 Å². The van der Waals surface area contributed by atoms with Gasteiger partial charge in [-0.1, -0.05) is 6.92 Å². The van der Waals surface area contributed by atoms with Crippen LogP contribution in [-0.4, -0.2) is 43.0 Å². The van der Waals surface area contributed by atoms with Crippen LogP contribution in [0.4, 0.5) is 11.6 Å². The molecule has 0 N–H and O–H groups in total. The Kier molecular flexibility index (Phi) is 4.53. The van der Waals surface area contributed by atoms with Crippen LogP contribution in [0, 0.1) is 12.8 Å². The molecule has 0 fully saturated rings. The molecule has 4 aromatic heterocycles. The third kappa shape index (κ3) is 3.10. The number of methoxy groups -OCH3 is 1. The Labute approximate surface area is 190 Å². The molecule has 1 atom stereocenters. The molecular weight excluding hydrogens is 422 g/mol. The van der Waals surface area contributed by atoms with Crippen molar-refractivity contribution in [2.24, 2.45) is 5.92 Å². The Morgan fingerprint density at radius 3 is 2.88 bits per heavy atom. The van der Waals surface area contributed by atoms with Crippen LogP contribution in [0.2, 0.25) is 0 Å². The third-order valence-corrected chi connectivity index (χ3v) is 7.04. The largest absolute Gasteiger partial charge is 0.479 e. The second kappa shape index (κ2) is 7.44. The first-order valence-corrected chi connectivity index (χ1v) is 11.9. The van der Waals surface area contributed by atoms with Gasteiger partial charge in [0.05, 0.1) is 24.8 Å². The molecule has 0 saturated carbocycles. The number of hydrogen-bond donors (Lipinski definition) is 0. The van der Waals surface area contributed by atoms with Gasteiger partial charge in [0.25, 0.3) is 0 Å². The highest BCUT2D eigenvalue weighted by Crippen LogP contribution is 2.40. The number of aromatic nitrogens is 6. The van der Waals surface area contributed by atoms with Gasteiger partial charge < -0.3 is 14.2 Å². The van der Waals surface area contributed by atoms with E-state index in [1.54, 1.807) is 24.8 Å². The van der Waals surface area contributed by atoms with Crippen LogP contribution in [-0.2, 0) is 19.4 Å². The lowest BCUT2D eigenvalue weighted by Gasteiger charge is -2.32. The Morgan fingerprint density at radius 1 is 1.16 bits per heavy atom. The van der Waals surface area contributed by atoms with Gasteiger partial charge in [-0.2, -0.15) is 5.10 Å². The van der Waals surface area contributed by atoms with E-state index < -0.39 is 0 Å². The predicted octanol–water partition coefficient (Wildman–Crippen LogP) is 4.18. The molecule has 6 rings (SSSR count). The van der Waals surface area contributed by atoms with E-state index in [9.17, 15) is 0 Å². The molecule has 0 saturated heterocycles. The van der Waals surface area contributed by atoms with Crippen LogP contribution in [0.25, 0.3) is 16.4 Å². The molecule has 0 aromatic carbocycles. The number of rotatable bonds is 4. The summed E-state index contributed by atoms with van der Waals surface area (Å²) in [4.78, 5) is 16.4. The number of thiazole rings is 1. The van der Waals surface area contributed by atoms with Crippen molar-refractivity contribution in [2.75, 3.05) is 18.6 Å². The number of hydrogen-bond acceptors (Lipinski definition) is 7. The molecule has 0 amide bonds. The number of imidazole rings is 1. The third-order valence-electron chi connectivity index (χ3n) is 6.19. The molecule has 1 aliphatic carbocycles. The predicted molar refractivity (Wildman–Crippen MR) is 124 cm³/mol.